The molecule has 2 N–H and O–H groups in total. The van der Waals surface area contributed by atoms with Gasteiger partial charge in [0.05, 0.1) is 6.21 Å². The second-order valence-corrected chi connectivity index (χ2v) is 9.03. The highest BCUT2D eigenvalue weighted by atomic mass is 127. The Morgan fingerprint density at radius 1 is 0.939 bits per heavy atom. The van der Waals surface area contributed by atoms with Gasteiger partial charge in [0.2, 0.25) is 0 Å². The molecule has 1 amide bonds. The number of aryl methyl sites for hydroxylation is 1. The van der Waals surface area contributed by atoms with Crippen molar-refractivity contribution in [1.29, 1.82) is 0 Å². The summed E-state index contributed by atoms with van der Waals surface area (Å²) >= 11 is 2.30. The van der Waals surface area contributed by atoms with Crippen molar-refractivity contribution in [1.82, 2.24) is 9.99 Å². The van der Waals surface area contributed by atoms with E-state index in [9.17, 15) is 9.90 Å². The summed E-state index contributed by atoms with van der Waals surface area (Å²) in [6.07, 6.45) is 1.61. The van der Waals surface area contributed by atoms with Crippen molar-refractivity contribution in [3.8, 4) is 5.69 Å². The van der Waals surface area contributed by atoms with E-state index >= 15 is 0 Å². The zero-order chi connectivity index (χ0) is 23.4. The molecule has 0 aliphatic heterocycles. The van der Waals surface area contributed by atoms with Crippen molar-refractivity contribution in [3.63, 3.8) is 0 Å². The minimum absolute atomic E-state index is 0.473. The Morgan fingerprint density at radius 3 is 2.12 bits per heavy atom. The van der Waals surface area contributed by atoms with Gasteiger partial charge in [-0.05, 0) is 71.8 Å². The third-order valence-electron chi connectivity index (χ3n) is 5.62. The van der Waals surface area contributed by atoms with Crippen LogP contribution in [-0.4, -0.2) is 21.8 Å². The largest absolute Gasteiger partial charge is 0.372 e. The Kier molecular flexibility index (Phi) is 6.76. The zero-order valence-electron chi connectivity index (χ0n) is 18.4. The standard InChI is InChI=1S/C27H24IN3O2/c1-19-16-21(20(2)31(19)25-15-9-14-24(28)17-25)18-29-30-26(32)27(33,22-10-5-3-6-11-22)23-12-7-4-8-13-23/h3-18,33H,1-2H3,(H,30,32)/b29-18-. The van der Waals surface area contributed by atoms with Gasteiger partial charge in [-0.15, -0.1) is 0 Å². The maximum absolute atomic E-state index is 13.2. The van der Waals surface area contributed by atoms with E-state index in [0.717, 1.165) is 26.2 Å². The molecule has 3 aromatic carbocycles. The summed E-state index contributed by atoms with van der Waals surface area (Å²) in [5.74, 6) is -0.623. The third kappa shape index (κ3) is 4.62. The van der Waals surface area contributed by atoms with E-state index in [4.69, 9.17) is 0 Å². The van der Waals surface area contributed by atoms with Crippen LogP contribution in [0.5, 0.6) is 0 Å². The number of aromatic nitrogens is 1. The lowest BCUT2D eigenvalue weighted by molar-refractivity contribution is -0.136. The molecule has 0 bridgehead atoms. The molecule has 5 nitrogen and oxygen atoms in total. The summed E-state index contributed by atoms with van der Waals surface area (Å²) in [5, 5.41) is 15.7. The number of benzene rings is 3. The molecule has 0 atom stereocenters. The van der Waals surface area contributed by atoms with Gasteiger partial charge in [0, 0.05) is 26.2 Å². The summed E-state index contributed by atoms with van der Waals surface area (Å²) in [7, 11) is 0. The van der Waals surface area contributed by atoms with Crippen LogP contribution < -0.4 is 5.43 Å². The Bertz CT molecular complexity index is 1260. The molecule has 4 aromatic rings. The van der Waals surface area contributed by atoms with Crippen LogP contribution in [0.4, 0.5) is 0 Å². The smallest absolute Gasteiger partial charge is 0.281 e. The topological polar surface area (TPSA) is 66.6 Å². The van der Waals surface area contributed by atoms with E-state index in [0.29, 0.717) is 11.1 Å². The number of carbonyl (C=O) groups excluding carboxylic acids is 1. The van der Waals surface area contributed by atoms with Crippen LogP contribution in [-0.2, 0) is 10.4 Å². The number of carbonyl (C=O) groups is 1. The molecule has 1 heterocycles. The molecular weight excluding hydrogens is 525 g/mol. The summed E-state index contributed by atoms with van der Waals surface area (Å²) in [4.78, 5) is 13.2. The van der Waals surface area contributed by atoms with Gasteiger partial charge in [0.15, 0.2) is 5.60 Å². The first kappa shape index (κ1) is 22.9. The fraction of sp³-hybridized carbons (Fsp3) is 0.111. The first-order valence-corrected chi connectivity index (χ1v) is 11.6. The fourth-order valence-electron chi connectivity index (χ4n) is 3.96. The van der Waals surface area contributed by atoms with E-state index in [1.165, 1.54) is 0 Å². The van der Waals surface area contributed by atoms with Gasteiger partial charge < -0.3 is 9.67 Å². The molecule has 6 heteroatoms. The van der Waals surface area contributed by atoms with Crippen LogP contribution in [0.2, 0.25) is 0 Å². The second kappa shape index (κ2) is 9.72. The van der Waals surface area contributed by atoms with Gasteiger partial charge in [-0.25, -0.2) is 5.43 Å². The summed E-state index contributed by atoms with van der Waals surface area (Å²) in [5.41, 5.74) is 5.65. The number of halogens is 1. The fourth-order valence-corrected chi connectivity index (χ4v) is 4.49. The van der Waals surface area contributed by atoms with Gasteiger partial charge in [0.1, 0.15) is 0 Å². The lowest BCUT2D eigenvalue weighted by Gasteiger charge is -2.27. The normalized spacial score (nSPS) is 11.6. The molecule has 0 aliphatic carbocycles. The maximum Gasteiger partial charge on any atom is 0.281 e. The number of hydrogen-bond acceptors (Lipinski definition) is 3. The van der Waals surface area contributed by atoms with Crippen LogP contribution >= 0.6 is 22.6 Å². The Morgan fingerprint density at radius 2 is 1.55 bits per heavy atom. The van der Waals surface area contributed by atoms with Gasteiger partial charge in [0.25, 0.3) is 5.91 Å². The highest BCUT2D eigenvalue weighted by Gasteiger charge is 2.39. The number of amides is 1. The Labute approximate surface area is 206 Å². The first-order valence-electron chi connectivity index (χ1n) is 10.5. The van der Waals surface area contributed by atoms with Crippen molar-refractivity contribution in [2.45, 2.75) is 19.4 Å². The summed E-state index contributed by atoms with van der Waals surface area (Å²) in [6, 6.07) is 28.0. The minimum Gasteiger partial charge on any atom is -0.372 e. The SMILES string of the molecule is Cc1cc(/C=N\NC(=O)C(O)(c2ccccc2)c2ccccc2)c(C)n1-c1cccc(I)c1. The molecule has 0 aliphatic rings. The number of rotatable bonds is 6. The van der Waals surface area contributed by atoms with E-state index in [1.807, 2.05) is 38.1 Å². The number of nitrogens with one attached hydrogen (secondary N) is 1. The Hall–Kier alpha value is -3.23. The summed E-state index contributed by atoms with van der Waals surface area (Å²) in [6.45, 7) is 4.05. The monoisotopic (exact) mass is 549 g/mol. The molecule has 0 saturated carbocycles. The molecule has 1 aromatic heterocycles. The average molecular weight is 549 g/mol. The first-order chi connectivity index (χ1) is 15.9. The molecule has 0 radical (unpaired) electrons. The Balaban J connectivity index is 1.61. The third-order valence-corrected chi connectivity index (χ3v) is 6.29. The van der Waals surface area contributed by atoms with Crippen molar-refractivity contribution >= 4 is 34.7 Å². The predicted molar refractivity (Wildman–Crippen MR) is 140 cm³/mol. The summed E-state index contributed by atoms with van der Waals surface area (Å²) < 4.78 is 3.30. The molecule has 0 saturated heterocycles. The molecule has 0 unspecified atom stereocenters. The number of aliphatic hydroxyl groups is 1. The molecular formula is C27H24IN3O2. The van der Waals surface area contributed by atoms with E-state index < -0.39 is 11.5 Å². The van der Waals surface area contributed by atoms with Crippen LogP contribution in [0, 0.1) is 17.4 Å². The zero-order valence-corrected chi connectivity index (χ0v) is 20.5. The van der Waals surface area contributed by atoms with Crippen LogP contribution in [0.15, 0.2) is 96.1 Å². The van der Waals surface area contributed by atoms with E-state index in [1.54, 1.807) is 54.7 Å². The van der Waals surface area contributed by atoms with Gasteiger partial charge in [-0.2, -0.15) is 5.10 Å². The number of hydrogen-bond donors (Lipinski definition) is 2. The van der Waals surface area contributed by atoms with Crippen molar-refractivity contribution < 1.29 is 9.90 Å². The van der Waals surface area contributed by atoms with Gasteiger partial charge in [-0.1, -0.05) is 66.7 Å². The highest BCUT2D eigenvalue weighted by molar-refractivity contribution is 14.1. The predicted octanol–water partition coefficient (Wildman–Crippen LogP) is 5.08. The van der Waals surface area contributed by atoms with Crippen LogP contribution in [0.3, 0.4) is 0 Å². The van der Waals surface area contributed by atoms with Gasteiger partial charge >= 0.3 is 0 Å². The number of nitrogens with zero attached hydrogens (tertiary/aromatic N) is 2. The van der Waals surface area contributed by atoms with Crippen molar-refractivity contribution in [3.05, 3.63) is 123 Å². The highest BCUT2D eigenvalue weighted by Crippen LogP contribution is 2.30. The van der Waals surface area contributed by atoms with Crippen LogP contribution in [0.1, 0.15) is 28.1 Å². The molecule has 4 rings (SSSR count). The van der Waals surface area contributed by atoms with Crippen LogP contribution in [0.25, 0.3) is 5.69 Å². The quantitative estimate of drug-likeness (QED) is 0.200. The van der Waals surface area contributed by atoms with E-state index in [2.05, 4.69) is 55.9 Å². The van der Waals surface area contributed by atoms with Crippen molar-refractivity contribution in [2.75, 3.05) is 0 Å². The minimum atomic E-state index is -1.86. The molecule has 166 valence electrons. The average Bonchev–Trinajstić information content (AvgIpc) is 3.12. The molecule has 0 spiro atoms. The maximum atomic E-state index is 13.2. The van der Waals surface area contributed by atoms with Gasteiger partial charge in [-0.3, -0.25) is 4.79 Å². The van der Waals surface area contributed by atoms with E-state index in [-0.39, 0.29) is 0 Å². The molecule has 33 heavy (non-hydrogen) atoms. The number of hydrazone groups is 1. The molecule has 0 fully saturated rings. The second-order valence-electron chi connectivity index (χ2n) is 7.78. The lowest BCUT2D eigenvalue weighted by Crippen LogP contribution is -2.43. The van der Waals surface area contributed by atoms with Crippen molar-refractivity contribution in [2.24, 2.45) is 5.10 Å². The lowest BCUT2D eigenvalue weighted by atomic mass is 9.85.